The van der Waals surface area contributed by atoms with Gasteiger partial charge in [-0.15, -0.1) is 11.3 Å². The molecular formula is C20H28ClN5OS. The molecule has 1 N–H and O–H groups in total. The number of benzene rings is 1. The van der Waals surface area contributed by atoms with Gasteiger partial charge in [0, 0.05) is 44.1 Å². The number of aryl methyl sites for hydroxylation is 1. The first-order chi connectivity index (χ1) is 13.6. The molecule has 0 bridgehead atoms. The molecule has 0 aliphatic carbocycles. The number of aliphatic imine (C=N–C) groups is 1. The van der Waals surface area contributed by atoms with Crippen molar-refractivity contribution in [3.05, 3.63) is 50.9 Å². The predicted molar refractivity (Wildman–Crippen MR) is 116 cm³/mol. The van der Waals surface area contributed by atoms with Crippen molar-refractivity contribution >= 4 is 28.9 Å². The van der Waals surface area contributed by atoms with Gasteiger partial charge < -0.3 is 15.0 Å². The zero-order valence-corrected chi connectivity index (χ0v) is 18.3. The van der Waals surface area contributed by atoms with E-state index in [-0.39, 0.29) is 6.04 Å². The Hall–Kier alpha value is -1.67. The van der Waals surface area contributed by atoms with E-state index in [0.717, 1.165) is 61.1 Å². The first-order valence-corrected chi connectivity index (χ1v) is 10.7. The topological polar surface area (TPSA) is 53.0 Å². The molecule has 3 rings (SSSR count). The van der Waals surface area contributed by atoms with Gasteiger partial charge in [0.25, 0.3) is 0 Å². The number of thiazole rings is 1. The summed E-state index contributed by atoms with van der Waals surface area (Å²) in [6.07, 6.45) is 0. The van der Waals surface area contributed by atoms with Crippen LogP contribution >= 0.6 is 22.9 Å². The van der Waals surface area contributed by atoms with Crippen LogP contribution in [0.5, 0.6) is 0 Å². The van der Waals surface area contributed by atoms with Crippen molar-refractivity contribution < 1.29 is 4.74 Å². The molecule has 0 saturated carbocycles. The Balaban J connectivity index is 1.67. The molecule has 152 valence electrons. The molecule has 6 nitrogen and oxygen atoms in total. The fourth-order valence-corrected chi connectivity index (χ4v) is 4.13. The molecule has 28 heavy (non-hydrogen) atoms. The molecular weight excluding hydrogens is 394 g/mol. The molecule has 1 aliphatic rings. The van der Waals surface area contributed by atoms with Crippen molar-refractivity contribution in [1.29, 1.82) is 0 Å². The number of rotatable bonds is 6. The van der Waals surface area contributed by atoms with E-state index in [2.05, 4.69) is 42.6 Å². The van der Waals surface area contributed by atoms with Gasteiger partial charge in [0.1, 0.15) is 0 Å². The Morgan fingerprint density at radius 2 is 2.07 bits per heavy atom. The summed E-state index contributed by atoms with van der Waals surface area (Å²) in [7, 11) is 3.85. The minimum absolute atomic E-state index is 0.229. The van der Waals surface area contributed by atoms with E-state index >= 15 is 0 Å². The maximum Gasteiger partial charge on any atom is 0.193 e. The summed E-state index contributed by atoms with van der Waals surface area (Å²) in [5, 5.41) is 7.48. The van der Waals surface area contributed by atoms with Gasteiger partial charge in [-0.05, 0) is 24.6 Å². The second kappa shape index (κ2) is 10.2. The Labute approximate surface area is 176 Å². The van der Waals surface area contributed by atoms with Crippen LogP contribution < -0.4 is 5.32 Å². The van der Waals surface area contributed by atoms with Crippen LogP contribution in [0.2, 0.25) is 5.02 Å². The van der Waals surface area contributed by atoms with Crippen molar-refractivity contribution in [2.75, 3.05) is 46.9 Å². The van der Waals surface area contributed by atoms with Crippen LogP contribution in [0.25, 0.3) is 0 Å². The average Bonchev–Trinajstić information content (AvgIpc) is 3.11. The van der Waals surface area contributed by atoms with Crippen molar-refractivity contribution in [3.63, 3.8) is 0 Å². The molecule has 1 fully saturated rings. The van der Waals surface area contributed by atoms with E-state index < -0.39 is 0 Å². The summed E-state index contributed by atoms with van der Waals surface area (Å²) < 4.78 is 5.54. The van der Waals surface area contributed by atoms with Gasteiger partial charge in [0.2, 0.25) is 0 Å². The number of hydrogen-bond acceptors (Lipinski definition) is 5. The van der Waals surface area contributed by atoms with E-state index in [9.17, 15) is 0 Å². The molecule has 0 amide bonds. The third-order valence-electron chi connectivity index (χ3n) is 4.83. The molecule has 0 spiro atoms. The van der Waals surface area contributed by atoms with Gasteiger partial charge in [0.15, 0.2) is 5.96 Å². The molecule has 0 radical (unpaired) electrons. The summed E-state index contributed by atoms with van der Waals surface area (Å²) in [4.78, 5) is 13.6. The Morgan fingerprint density at radius 3 is 2.68 bits per heavy atom. The smallest absolute Gasteiger partial charge is 0.193 e. The number of nitrogens with zero attached hydrogens (tertiary/aromatic N) is 4. The van der Waals surface area contributed by atoms with Crippen molar-refractivity contribution in [2.45, 2.75) is 19.5 Å². The highest BCUT2D eigenvalue weighted by molar-refractivity contribution is 7.09. The number of hydrogen-bond donors (Lipinski definition) is 1. The lowest BCUT2D eigenvalue weighted by Crippen LogP contribution is -2.46. The normalized spacial score (nSPS) is 16.8. The van der Waals surface area contributed by atoms with Gasteiger partial charge >= 0.3 is 0 Å². The number of guanidine groups is 1. The second-order valence-electron chi connectivity index (χ2n) is 6.86. The van der Waals surface area contributed by atoms with E-state index in [4.69, 9.17) is 16.3 Å². The second-order valence-corrected chi connectivity index (χ2v) is 8.36. The van der Waals surface area contributed by atoms with Crippen LogP contribution in [-0.2, 0) is 11.3 Å². The lowest BCUT2D eigenvalue weighted by atomic mass is 10.0. The summed E-state index contributed by atoms with van der Waals surface area (Å²) in [5.74, 6) is 0.859. The van der Waals surface area contributed by atoms with E-state index in [1.807, 2.05) is 33.2 Å². The van der Waals surface area contributed by atoms with Crippen LogP contribution in [0.3, 0.4) is 0 Å². The Kier molecular flexibility index (Phi) is 7.67. The number of ether oxygens (including phenoxy) is 1. The largest absolute Gasteiger partial charge is 0.379 e. The standard InChI is InChI=1S/C20H28ClN5OS/c1-15-24-18(14-28-15)13-25(3)20(22-2)23-12-19(26-8-10-27-11-9-26)16-4-6-17(21)7-5-16/h4-7,14,19H,8-13H2,1-3H3,(H,22,23). The first-order valence-electron chi connectivity index (χ1n) is 9.47. The molecule has 1 unspecified atom stereocenters. The zero-order valence-electron chi connectivity index (χ0n) is 16.7. The quantitative estimate of drug-likeness (QED) is 0.573. The molecule has 1 aliphatic heterocycles. The van der Waals surface area contributed by atoms with Gasteiger partial charge in [-0.2, -0.15) is 0 Å². The van der Waals surface area contributed by atoms with Gasteiger partial charge in [0.05, 0.1) is 36.5 Å². The SMILES string of the molecule is CN=C(NCC(c1ccc(Cl)cc1)N1CCOCC1)N(C)Cc1csc(C)n1. The van der Waals surface area contributed by atoms with Crippen molar-refractivity contribution in [2.24, 2.45) is 4.99 Å². The minimum atomic E-state index is 0.229. The van der Waals surface area contributed by atoms with Gasteiger partial charge in [-0.1, -0.05) is 23.7 Å². The summed E-state index contributed by atoms with van der Waals surface area (Å²) in [6.45, 7) is 6.88. The predicted octanol–water partition coefficient (Wildman–Crippen LogP) is 3.19. The van der Waals surface area contributed by atoms with Crippen LogP contribution in [0.4, 0.5) is 0 Å². The van der Waals surface area contributed by atoms with Gasteiger partial charge in [-0.3, -0.25) is 9.89 Å². The summed E-state index contributed by atoms with van der Waals surface area (Å²) in [6, 6.07) is 8.35. The van der Waals surface area contributed by atoms with E-state index in [1.54, 1.807) is 11.3 Å². The number of aromatic nitrogens is 1. The Morgan fingerprint density at radius 1 is 1.36 bits per heavy atom. The van der Waals surface area contributed by atoms with E-state index in [0.29, 0.717) is 0 Å². The fourth-order valence-electron chi connectivity index (χ4n) is 3.40. The third kappa shape index (κ3) is 5.67. The maximum absolute atomic E-state index is 6.09. The number of morpholine rings is 1. The minimum Gasteiger partial charge on any atom is -0.379 e. The monoisotopic (exact) mass is 421 g/mol. The lowest BCUT2D eigenvalue weighted by Gasteiger charge is -2.35. The maximum atomic E-state index is 6.09. The van der Waals surface area contributed by atoms with Crippen LogP contribution in [-0.4, -0.2) is 67.7 Å². The molecule has 2 aromatic rings. The molecule has 1 aromatic heterocycles. The highest BCUT2D eigenvalue weighted by atomic mass is 35.5. The molecule has 8 heteroatoms. The molecule has 1 atom stereocenters. The molecule has 1 saturated heterocycles. The van der Waals surface area contributed by atoms with Crippen LogP contribution in [0.1, 0.15) is 22.3 Å². The lowest BCUT2D eigenvalue weighted by molar-refractivity contribution is 0.0169. The Bertz CT molecular complexity index is 773. The van der Waals surface area contributed by atoms with Crippen molar-refractivity contribution in [3.8, 4) is 0 Å². The van der Waals surface area contributed by atoms with Crippen LogP contribution in [0, 0.1) is 6.92 Å². The molecule has 2 heterocycles. The van der Waals surface area contributed by atoms with Gasteiger partial charge in [-0.25, -0.2) is 4.98 Å². The molecule has 1 aromatic carbocycles. The summed E-state index contributed by atoms with van der Waals surface area (Å²) >= 11 is 7.77. The van der Waals surface area contributed by atoms with E-state index in [1.165, 1.54) is 5.56 Å². The fraction of sp³-hybridized carbons (Fsp3) is 0.500. The first kappa shape index (κ1) is 21.0. The number of nitrogens with one attached hydrogen (secondary N) is 1. The van der Waals surface area contributed by atoms with Crippen molar-refractivity contribution in [1.82, 2.24) is 20.1 Å². The zero-order chi connectivity index (χ0) is 19.9. The highest BCUT2D eigenvalue weighted by Crippen LogP contribution is 2.23. The summed E-state index contributed by atoms with van der Waals surface area (Å²) in [5.41, 5.74) is 2.31. The number of halogens is 1. The average molecular weight is 422 g/mol. The third-order valence-corrected chi connectivity index (χ3v) is 5.91. The highest BCUT2D eigenvalue weighted by Gasteiger charge is 2.23. The van der Waals surface area contributed by atoms with Crippen LogP contribution in [0.15, 0.2) is 34.6 Å².